The van der Waals surface area contributed by atoms with Gasteiger partial charge in [-0.3, -0.25) is 0 Å². The third-order valence-electron chi connectivity index (χ3n) is 2.68. The van der Waals surface area contributed by atoms with Crippen molar-refractivity contribution < 1.29 is 15.9 Å². The molecule has 0 aromatic heterocycles. The summed E-state index contributed by atoms with van der Waals surface area (Å²) < 4.78 is 1.28. The van der Waals surface area contributed by atoms with Crippen LogP contribution in [0, 0.1) is 0 Å². The molecule has 0 aliphatic rings. The van der Waals surface area contributed by atoms with Crippen LogP contribution in [-0.4, -0.2) is 30.7 Å². The molecule has 0 aliphatic carbocycles. The van der Waals surface area contributed by atoms with Crippen molar-refractivity contribution in [3.8, 4) is 0 Å². The van der Waals surface area contributed by atoms with Crippen LogP contribution in [0.5, 0.6) is 0 Å². The molecular formula is C8H21NReS4. The Hall–Kier alpha value is 1.63. The van der Waals surface area contributed by atoms with Crippen molar-refractivity contribution in [1.29, 1.82) is 0 Å². The first-order valence-electron chi connectivity index (χ1n) is 4.56. The van der Waals surface area contributed by atoms with Gasteiger partial charge in [-0.25, -0.2) is 0 Å². The van der Waals surface area contributed by atoms with E-state index in [1.165, 1.54) is 30.7 Å². The molecule has 0 aromatic rings. The van der Waals surface area contributed by atoms with Crippen LogP contribution in [0.3, 0.4) is 0 Å². The third-order valence-corrected chi connectivity index (χ3v) is 2.68. The molecule has 1 nitrogen and oxygen atoms in total. The minimum atomic E-state index is -1.71. The average molecular weight is 446 g/mol. The van der Waals surface area contributed by atoms with Gasteiger partial charge in [-0.2, -0.15) is 0 Å². The van der Waals surface area contributed by atoms with Crippen molar-refractivity contribution >= 4 is 43.3 Å². The Balaban J connectivity index is -0.000000209. The second kappa shape index (κ2) is 12.7. The van der Waals surface area contributed by atoms with E-state index in [0.29, 0.717) is 0 Å². The summed E-state index contributed by atoms with van der Waals surface area (Å²) in [4.78, 5) is 0. The molecule has 0 fully saturated rings. The SMILES string of the molecule is CC[N+](CC)(CC)CC.[SH-].[S]=[Re](=[S])=[S]. The summed E-state index contributed by atoms with van der Waals surface area (Å²) in [5.74, 6) is 0. The summed E-state index contributed by atoms with van der Waals surface area (Å²) in [6, 6.07) is 0. The standard InChI is InChI=1S/C8H20N.Re.H2S.3S/c1-5-9(6-2,7-3)8-4;;;;;/h5-8H2,1-4H3;;1H2;;;/q+1;;;;;/p-1. The molecule has 0 spiro atoms. The van der Waals surface area contributed by atoms with Crippen LogP contribution >= 0.6 is 29.8 Å². The van der Waals surface area contributed by atoms with Gasteiger partial charge >= 0.3 is 41.2 Å². The van der Waals surface area contributed by atoms with Crippen molar-refractivity contribution in [3.63, 3.8) is 0 Å². The molecule has 6 heteroatoms. The molecule has 0 unspecified atom stereocenters. The molecule has 0 saturated heterocycles. The van der Waals surface area contributed by atoms with E-state index in [0.717, 1.165) is 0 Å². The third kappa shape index (κ3) is 11.7. The van der Waals surface area contributed by atoms with Gasteiger partial charge in [0, 0.05) is 0 Å². The Bertz CT molecular complexity index is 182. The summed E-state index contributed by atoms with van der Waals surface area (Å²) >= 11 is -1.71. The van der Waals surface area contributed by atoms with Crippen molar-refractivity contribution in [2.75, 3.05) is 26.2 Å². The second-order valence-electron chi connectivity index (χ2n) is 2.80. The quantitative estimate of drug-likeness (QED) is 0.368. The minimum absolute atomic E-state index is 0. The van der Waals surface area contributed by atoms with E-state index in [-0.39, 0.29) is 13.5 Å². The van der Waals surface area contributed by atoms with Gasteiger partial charge in [0.1, 0.15) is 0 Å². The predicted molar refractivity (Wildman–Crippen MR) is 74.0 cm³/mol. The molecule has 0 aromatic carbocycles. The Morgan fingerprint density at radius 2 is 0.929 bits per heavy atom. The number of quaternary nitrogens is 1. The van der Waals surface area contributed by atoms with Gasteiger partial charge in [0.2, 0.25) is 0 Å². The number of rotatable bonds is 4. The van der Waals surface area contributed by atoms with Gasteiger partial charge in [0.25, 0.3) is 0 Å². The van der Waals surface area contributed by atoms with Gasteiger partial charge in [-0.05, 0) is 27.7 Å². The van der Waals surface area contributed by atoms with Crippen LogP contribution in [0.4, 0.5) is 0 Å². The van der Waals surface area contributed by atoms with Crippen LogP contribution in [-0.2, 0) is 24.9 Å². The zero-order valence-corrected chi connectivity index (χ0v) is 15.4. The summed E-state index contributed by atoms with van der Waals surface area (Å²) in [6.45, 7) is 14.2. The van der Waals surface area contributed by atoms with E-state index in [9.17, 15) is 0 Å². The van der Waals surface area contributed by atoms with Gasteiger partial charge in [-0.15, -0.1) is 0 Å². The van der Waals surface area contributed by atoms with Gasteiger partial charge in [-0.1, -0.05) is 0 Å². The van der Waals surface area contributed by atoms with E-state index in [1.54, 1.807) is 0 Å². The Labute approximate surface area is 112 Å². The van der Waals surface area contributed by atoms with Crippen LogP contribution in [0.1, 0.15) is 27.7 Å². The normalized spacial score (nSPS) is 9.43. The number of thiol groups is 1. The number of hydrogen-bond acceptors (Lipinski definition) is 4. The number of hydrogen-bond donors (Lipinski definition) is 0. The maximum atomic E-state index is 4.44. The zero-order chi connectivity index (χ0) is 10.9. The first-order valence-corrected chi connectivity index (χ1v) is 15.5. The summed E-state index contributed by atoms with van der Waals surface area (Å²) in [5.41, 5.74) is 0. The van der Waals surface area contributed by atoms with Gasteiger partial charge in [0.05, 0.1) is 26.2 Å². The Kier molecular flexibility index (Phi) is 19.0. The van der Waals surface area contributed by atoms with Crippen molar-refractivity contribution in [3.05, 3.63) is 0 Å². The molecule has 0 atom stereocenters. The summed E-state index contributed by atoms with van der Waals surface area (Å²) in [7, 11) is 13.3. The van der Waals surface area contributed by atoms with Crippen LogP contribution in [0.2, 0.25) is 0 Å². The first-order chi connectivity index (χ1) is 5.97. The Morgan fingerprint density at radius 1 is 0.786 bits per heavy atom. The van der Waals surface area contributed by atoms with Crippen molar-refractivity contribution in [1.82, 2.24) is 0 Å². The fraction of sp³-hybridized carbons (Fsp3) is 1.00. The molecule has 0 rings (SSSR count). The van der Waals surface area contributed by atoms with Gasteiger partial charge in [0.15, 0.2) is 0 Å². The first kappa shape index (κ1) is 21.0. The van der Waals surface area contributed by atoms with Gasteiger partial charge < -0.3 is 18.0 Å². The van der Waals surface area contributed by atoms with E-state index >= 15 is 0 Å². The molecule has 0 N–H and O–H groups in total. The topological polar surface area (TPSA) is 0 Å². The maximum absolute atomic E-state index is 4.44. The molecule has 0 aliphatic heterocycles. The molecular weight excluding hydrogens is 425 g/mol. The van der Waals surface area contributed by atoms with Crippen LogP contribution < -0.4 is 0 Å². The monoisotopic (exact) mass is 446 g/mol. The summed E-state index contributed by atoms with van der Waals surface area (Å²) in [5, 5.41) is 0. The van der Waals surface area contributed by atoms with E-state index in [2.05, 4.69) is 57.5 Å². The molecule has 0 saturated carbocycles. The zero-order valence-electron chi connectivity index (χ0n) is 9.33. The molecule has 14 heavy (non-hydrogen) atoms. The molecule has 0 bridgehead atoms. The number of nitrogens with zero attached hydrogens (tertiary/aromatic N) is 1. The second-order valence-corrected chi connectivity index (χ2v) is 16.5. The van der Waals surface area contributed by atoms with Crippen LogP contribution in [0.25, 0.3) is 0 Å². The molecule has 0 radical (unpaired) electrons. The fourth-order valence-electron chi connectivity index (χ4n) is 1.34. The molecule has 89 valence electrons. The fourth-order valence-corrected chi connectivity index (χ4v) is 1.34. The van der Waals surface area contributed by atoms with Crippen molar-refractivity contribution in [2.24, 2.45) is 0 Å². The predicted octanol–water partition coefficient (Wildman–Crippen LogP) is 3.55. The van der Waals surface area contributed by atoms with E-state index < -0.39 is 11.4 Å². The van der Waals surface area contributed by atoms with E-state index in [4.69, 9.17) is 0 Å². The Morgan fingerprint density at radius 3 is 0.929 bits per heavy atom. The van der Waals surface area contributed by atoms with Crippen molar-refractivity contribution in [2.45, 2.75) is 27.7 Å². The van der Waals surface area contributed by atoms with Crippen LogP contribution in [0.15, 0.2) is 0 Å². The average Bonchev–Trinajstić information content (AvgIpc) is 2.09. The summed E-state index contributed by atoms with van der Waals surface area (Å²) in [6.07, 6.45) is 0. The van der Waals surface area contributed by atoms with E-state index in [1.807, 2.05) is 0 Å². The molecule has 0 amide bonds. The molecule has 0 heterocycles.